The fourth-order valence-electron chi connectivity index (χ4n) is 2.99. The maximum absolute atomic E-state index is 12.5. The summed E-state index contributed by atoms with van der Waals surface area (Å²) in [6, 6.07) is 9.67. The van der Waals surface area contributed by atoms with E-state index in [1.54, 1.807) is 6.20 Å². The molecule has 1 aromatic carbocycles. The summed E-state index contributed by atoms with van der Waals surface area (Å²) in [6.45, 7) is 0.425. The minimum atomic E-state index is -0.371. The summed E-state index contributed by atoms with van der Waals surface area (Å²) in [7, 11) is 0. The van der Waals surface area contributed by atoms with Crippen molar-refractivity contribution in [2.75, 3.05) is 11.9 Å². The van der Waals surface area contributed by atoms with Gasteiger partial charge in [-0.3, -0.25) is 9.78 Å². The van der Waals surface area contributed by atoms with Crippen molar-refractivity contribution in [2.24, 2.45) is 11.1 Å². The lowest BCUT2D eigenvalue weighted by Crippen LogP contribution is -2.40. The normalized spacial score (nSPS) is 17.2. The standard InChI is InChI=1S/C16H19N3O/c17-11-16(7-1-2-8-16)15(20)19-13-5-6-14-12(10-13)4-3-9-18-14/h3-6,9-10H,1-2,7-8,11,17H2,(H,19,20). The van der Waals surface area contributed by atoms with E-state index < -0.39 is 0 Å². The summed E-state index contributed by atoms with van der Waals surface area (Å²) < 4.78 is 0. The highest BCUT2D eigenvalue weighted by atomic mass is 16.2. The highest BCUT2D eigenvalue weighted by molar-refractivity contribution is 5.97. The van der Waals surface area contributed by atoms with Crippen LogP contribution in [0.1, 0.15) is 25.7 Å². The number of benzene rings is 1. The number of carbonyl (C=O) groups is 1. The Hall–Kier alpha value is -1.94. The molecule has 1 heterocycles. The minimum absolute atomic E-state index is 0.0562. The highest BCUT2D eigenvalue weighted by Gasteiger charge is 2.39. The third kappa shape index (κ3) is 2.27. The molecule has 104 valence electrons. The van der Waals surface area contributed by atoms with Gasteiger partial charge in [-0.05, 0) is 37.1 Å². The number of nitrogens with one attached hydrogen (secondary N) is 1. The topological polar surface area (TPSA) is 68.0 Å². The van der Waals surface area contributed by atoms with Crippen LogP contribution in [0.5, 0.6) is 0 Å². The summed E-state index contributed by atoms with van der Waals surface area (Å²) in [6.07, 6.45) is 5.73. The predicted molar refractivity (Wildman–Crippen MR) is 80.3 cm³/mol. The number of carbonyl (C=O) groups excluding carboxylic acids is 1. The van der Waals surface area contributed by atoms with Crippen LogP contribution in [0, 0.1) is 5.41 Å². The Morgan fingerprint density at radius 2 is 2.10 bits per heavy atom. The second kappa shape index (κ2) is 5.21. The second-order valence-corrected chi connectivity index (χ2v) is 5.56. The van der Waals surface area contributed by atoms with E-state index in [1.807, 2.05) is 30.3 Å². The van der Waals surface area contributed by atoms with Crippen molar-refractivity contribution >= 4 is 22.5 Å². The first-order chi connectivity index (χ1) is 9.73. The van der Waals surface area contributed by atoms with Crippen molar-refractivity contribution in [3.05, 3.63) is 36.5 Å². The van der Waals surface area contributed by atoms with Crippen LogP contribution in [0.15, 0.2) is 36.5 Å². The van der Waals surface area contributed by atoms with Gasteiger partial charge in [0.1, 0.15) is 0 Å². The van der Waals surface area contributed by atoms with Crippen LogP contribution >= 0.6 is 0 Å². The number of anilines is 1. The fraction of sp³-hybridized carbons (Fsp3) is 0.375. The molecule has 2 aromatic rings. The molecule has 4 heteroatoms. The number of rotatable bonds is 3. The Bertz CT molecular complexity index is 632. The van der Waals surface area contributed by atoms with Gasteiger partial charge in [-0.1, -0.05) is 18.9 Å². The zero-order chi connectivity index (χ0) is 14.0. The van der Waals surface area contributed by atoms with Gasteiger partial charge in [0.05, 0.1) is 10.9 Å². The van der Waals surface area contributed by atoms with Crippen molar-refractivity contribution in [1.29, 1.82) is 0 Å². The zero-order valence-corrected chi connectivity index (χ0v) is 11.4. The average Bonchev–Trinajstić information content (AvgIpc) is 2.97. The summed E-state index contributed by atoms with van der Waals surface area (Å²) in [5.74, 6) is 0.0562. The molecule has 20 heavy (non-hydrogen) atoms. The van der Waals surface area contributed by atoms with Crippen molar-refractivity contribution in [3.63, 3.8) is 0 Å². The number of fused-ring (bicyclic) bond motifs is 1. The number of nitrogens with zero attached hydrogens (tertiary/aromatic N) is 1. The first kappa shape index (κ1) is 13.1. The molecule has 1 aromatic heterocycles. The van der Waals surface area contributed by atoms with Crippen LogP contribution < -0.4 is 11.1 Å². The second-order valence-electron chi connectivity index (χ2n) is 5.56. The molecule has 0 unspecified atom stereocenters. The molecule has 3 N–H and O–H groups in total. The Balaban J connectivity index is 1.83. The van der Waals surface area contributed by atoms with E-state index in [-0.39, 0.29) is 11.3 Å². The van der Waals surface area contributed by atoms with Gasteiger partial charge in [0.15, 0.2) is 0 Å². The molecule has 4 nitrogen and oxygen atoms in total. The van der Waals surface area contributed by atoms with Gasteiger partial charge in [-0.25, -0.2) is 0 Å². The molecule has 1 amide bonds. The Labute approximate surface area is 118 Å². The molecule has 1 aliphatic rings. The van der Waals surface area contributed by atoms with E-state index >= 15 is 0 Å². The molecule has 0 bridgehead atoms. The molecule has 1 saturated carbocycles. The SMILES string of the molecule is NCC1(C(=O)Nc2ccc3ncccc3c2)CCCC1. The van der Waals surface area contributed by atoms with Crippen molar-refractivity contribution in [2.45, 2.75) is 25.7 Å². The molecular weight excluding hydrogens is 250 g/mol. The summed E-state index contributed by atoms with van der Waals surface area (Å²) >= 11 is 0. The van der Waals surface area contributed by atoms with Gasteiger partial charge in [0, 0.05) is 23.8 Å². The Morgan fingerprint density at radius 1 is 1.30 bits per heavy atom. The number of nitrogens with two attached hydrogens (primary N) is 1. The largest absolute Gasteiger partial charge is 0.329 e. The van der Waals surface area contributed by atoms with Gasteiger partial charge in [0.2, 0.25) is 5.91 Å². The lowest BCUT2D eigenvalue weighted by atomic mass is 9.85. The van der Waals surface area contributed by atoms with Gasteiger partial charge < -0.3 is 11.1 Å². The van der Waals surface area contributed by atoms with Crippen molar-refractivity contribution < 1.29 is 4.79 Å². The molecular formula is C16H19N3O. The number of amides is 1. The van der Waals surface area contributed by atoms with E-state index in [1.165, 1.54) is 0 Å². The van der Waals surface area contributed by atoms with Crippen LogP contribution in [-0.2, 0) is 4.79 Å². The molecule has 0 aliphatic heterocycles. The molecule has 0 spiro atoms. The number of aromatic nitrogens is 1. The van der Waals surface area contributed by atoms with Crippen molar-refractivity contribution in [3.8, 4) is 0 Å². The first-order valence-corrected chi connectivity index (χ1v) is 7.10. The maximum atomic E-state index is 12.5. The van der Waals surface area contributed by atoms with Gasteiger partial charge >= 0.3 is 0 Å². The van der Waals surface area contributed by atoms with Crippen LogP contribution in [0.2, 0.25) is 0 Å². The smallest absolute Gasteiger partial charge is 0.231 e. The van der Waals surface area contributed by atoms with Crippen molar-refractivity contribution in [1.82, 2.24) is 4.98 Å². The van der Waals surface area contributed by atoms with Gasteiger partial charge in [-0.2, -0.15) is 0 Å². The molecule has 0 saturated heterocycles. The van der Waals surface area contributed by atoms with Gasteiger partial charge in [0.25, 0.3) is 0 Å². The quantitative estimate of drug-likeness (QED) is 0.900. The predicted octanol–water partition coefficient (Wildman–Crippen LogP) is 2.69. The van der Waals surface area contributed by atoms with E-state index in [9.17, 15) is 4.79 Å². The van der Waals surface area contributed by atoms with E-state index in [4.69, 9.17) is 5.73 Å². The van der Waals surface area contributed by atoms with E-state index in [2.05, 4.69) is 10.3 Å². The fourth-order valence-corrected chi connectivity index (χ4v) is 2.99. The lowest BCUT2D eigenvalue weighted by molar-refractivity contribution is -0.124. The van der Waals surface area contributed by atoms with E-state index in [0.29, 0.717) is 6.54 Å². The molecule has 1 aliphatic carbocycles. The maximum Gasteiger partial charge on any atom is 0.231 e. The average molecular weight is 269 g/mol. The summed E-state index contributed by atoms with van der Waals surface area (Å²) in [5.41, 5.74) is 7.22. The number of pyridine rings is 1. The van der Waals surface area contributed by atoms with Crippen LogP contribution in [0.25, 0.3) is 10.9 Å². The monoisotopic (exact) mass is 269 g/mol. The Morgan fingerprint density at radius 3 is 2.85 bits per heavy atom. The lowest BCUT2D eigenvalue weighted by Gasteiger charge is -2.25. The third-order valence-corrected chi connectivity index (χ3v) is 4.29. The third-order valence-electron chi connectivity index (χ3n) is 4.29. The Kier molecular flexibility index (Phi) is 3.40. The van der Waals surface area contributed by atoms with Gasteiger partial charge in [-0.15, -0.1) is 0 Å². The summed E-state index contributed by atoms with van der Waals surface area (Å²) in [4.78, 5) is 16.8. The molecule has 3 rings (SSSR count). The van der Waals surface area contributed by atoms with Crippen LogP contribution in [-0.4, -0.2) is 17.4 Å². The molecule has 0 atom stereocenters. The molecule has 0 radical (unpaired) electrons. The number of hydrogen-bond acceptors (Lipinski definition) is 3. The minimum Gasteiger partial charge on any atom is -0.329 e. The zero-order valence-electron chi connectivity index (χ0n) is 11.4. The summed E-state index contributed by atoms with van der Waals surface area (Å²) in [5, 5.41) is 4.05. The van der Waals surface area contributed by atoms with Crippen LogP contribution in [0.4, 0.5) is 5.69 Å². The molecule has 1 fully saturated rings. The first-order valence-electron chi connectivity index (χ1n) is 7.10. The van der Waals surface area contributed by atoms with Crippen LogP contribution in [0.3, 0.4) is 0 Å². The number of hydrogen-bond donors (Lipinski definition) is 2. The van der Waals surface area contributed by atoms with E-state index in [0.717, 1.165) is 42.3 Å². The highest BCUT2D eigenvalue weighted by Crippen LogP contribution is 2.38.